The number of nitrogens with two attached hydrogens (primary N) is 1. The molecule has 0 aliphatic heterocycles. The molecule has 1 aromatic heterocycles. The first-order valence-electron chi connectivity index (χ1n) is 5.97. The first kappa shape index (κ1) is 13.8. The predicted octanol–water partition coefficient (Wildman–Crippen LogP) is 2.12. The fraction of sp³-hybridized carbons (Fsp3) is 0.143. The number of carbonyl (C=O) groups is 1. The summed E-state index contributed by atoms with van der Waals surface area (Å²) in [6.45, 7) is 0. The first-order chi connectivity index (χ1) is 9.47. The van der Waals surface area contributed by atoms with E-state index < -0.39 is 11.7 Å². The Hall–Kier alpha value is -2.63. The van der Waals surface area contributed by atoms with Crippen LogP contribution in [-0.4, -0.2) is 25.0 Å². The molecule has 2 rings (SSSR count). The lowest BCUT2D eigenvalue weighted by molar-refractivity contribution is 0.102. The summed E-state index contributed by atoms with van der Waals surface area (Å²) in [5.41, 5.74) is 7.13. The Balaban J connectivity index is 2.23. The van der Waals surface area contributed by atoms with Gasteiger partial charge in [0.25, 0.3) is 5.91 Å². The Labute approximate surface area is 116 Å². The van der Waals surface area contributed by atoms with Crippen molar-refractivity contribution in [3.8, 4) is 0 Å². The molecule has 0 atom stereocenters. The first-order valence-corrected chi connectivity index (χ1v) is 5.97. The molecule has 0 aliphatic rings. The number of nitrogens with one attached hydrogen (secondary N) is 1. The number of rotatable bonds is 3. The minimum atomic E-state index is -0.605. The summed E-state index contributed by atoms with van der Waals surface area (Å²) in [6, 6.07) is 8.34. The normalized spacial score (nSPS) is 10.2. The topological polar surface area (TPSA) is 71.2 Å². The molecule has 1 heterocycles. The van der Waals surface area contributed by atoms with Crippen LogP contribution < -0.4 is 16.0 Å². The summed E-state index contributed by atoms with van der Waals surface area (Å²) in [5, 5.41) is 2.67. The van der Waals surface area contributed by atoms with Crippen LogP contribution in [0.1, 0.15) is 10.4 Å². The highest BCUT2D eigenvalue weighted by molar-refractivity contribution is 6.07. The highest BCUT2D eigenvalue weighted by Crippen LogP contribution is 2.19. The number of hydrogen-bond acceptors (Lipinski definition) is 4. The van der Waals surface area contributed by atoms with Gasteiger partial charge in [0.15, 0.2) is 0 Å². The second-order valence-corrected chi connectivity index (χ2v) is 4.49. The molecule has 0 aliphatic carbocycles. The van der Waals surface area contributed by atoms with E-state index in [-0.39, 0.29) is 11.4 Å². The fourth-order valence-electron chi connectivity index (χ4n) is 1.69. The number of anilines is 3. The summed E-state index contributed by atoms with van der Waals surface area (Å²) in [5.74, 6) is -1.11. The molecule has 1 aromatic carbocycles. The molecule has 0 radical (unpaired) electrons. The van der Waals surface area contributed by atoms with Gasteiger partial charge >= 0.3 is 0 Å². The van der Waals surface area contributed by atoms with Crippen molar-refractivity contribution in [3.05, 3.63) is 47.9 Å². The SMILES string of the molecule is CN(C)c1cccc(NC(=O)c2cc(F)cnc2N)c1. The van der Waals surface area contributed by atoms with Crippen LogP contribution in [0.4, 0.5) is 21.6 Å². The Morgan fingerprint density at radius 1 is 1.35 bits per heavy atom. The summed E-state index contributed by atoms with van der Waals surface area (Å²) < 4.78 is 13.1. The number of hydrogen-bond donors (Lipinski definition) is 2. The van der Waals surface area contributed by atoms with Gasteiger partial charge in [-0.1, -0.05) is 6.07 Å². The van der Waals surface area contributed by atoms with Crippen molar-refractivity contribution in [1.29, 1.82) is 0 Å². The van der Waals surface area contributed by atoms with E-state index in [1.54, 1.807) is 12.1 Å². The second kappa shape index (κ2) is 5.56. The van der Waals surface area contributed by atoms with E-state index in [1.165, 1.54) is 0 Å². The molecular weight excluding hydrogens is 259 g/mol. The molecule has 0 saturated carbocycles. The third-order valence-electron chi connectivity index (χ3n) is 2.75. The molecule has 3 N–H and O–H groups in total. The van der Waals surface area contributed by atoms with Crippen LogP contribution in [0.15, 0.2) is 36.5 Å². The van der Waals surface area contributed by atoms with Gasteiger partial charge in [-0.15, -0.1) is 0 Å². The van der Waals surface area contributed by atoms with Crippen molar-refractivity contribution in [1.82, 2.24) is 4.98 Å². The molecule has 1 amide bonds. The van der Waals surface area contributed by atoms with Gasteiger partial charge in [0.05, 0.1) is 11.8 Å². The van der Waals surface area contributed by atoms with E-state index in [9.17, 15) is 9.18 Å². The van der Waals surface area contributed by atoms with Crippen LogP contribution >= 0.6 is 0 Å². The molecule has 5 nitrogen and oxygen atoms in total. The molecule has 0 bridgehead atoms. The number of pyridine rings is 1. The van der Waals surface area contributed by atoms with Crippen molar-refractivity contribution in [3.63, 3.8) is 0 Å². The number of amides is 1. The average molecular weight is 274 g/mol. The van der Waals surface area contributed by atoms with Crippen LogP contribution in [0.25, 0.3) is 0 Å². The van der Waals surface area contributed by atoms with Gasteiger partial charge in [-0.25, -0.2) is 9.37 Å². The van der Waals surface area contributed by atoms with Crippen LogP contribution in [0.3, 0.4) is 0 Å². The largest absolute Gasteiger partial charge is 0.383 e. The van der Waals surface area contributed by atoms with Crippen LogP contribution in [-0.2, 0) is 0 Å². The molecule has 104 valence electrons. The maximum Gasteiger partial charge on any atom is 0.259 e. The van der Waals surface area contributed by atoms with Gasteiger partial charge in [0, 0.05) is 25.5 Å². The maximum atomic E-state index is 13.1. The third-order valence-corrected chi connectivity index (χ3v) is 2.75. The van der Waals surface area contributed by atoms with Crippen LogP contribution in [0, 0.1) is 5.82 Å². The smallest absolute Gasteiger partial charge is 0.259 e. The molecule has 0 unspecified atom stereocenters. The number of aromatic nitrogens is 1. The standard InChI is InChI=1S/C14H15FN4O/c1-19(2)11-5-3-4-10(7-11)18-14(20)12-6-9(15)8-17-13(12)16/h3-8H,1-2H3,(H2,16,17)(H,18,20). The Morgan fingerprint density at radius 2 is 2.10 bits per heavy atom. The minimum Gasteiger partial charge on any atom is -0.383 e. The molecule has 0 saturated heterocycles. The Bertz CT molecular complexity index is 643. The highest BCUT2D eigenvalue weighted by atomic mass is 19.1. The highest BCUT2D eigenvalue weighted by Gasteiger charge is 2.12. The summed E-state index contributed by atoms with van der Waals surface area (Å²) in [6.07, 6.45) is 0.971. The zero-order valence-corrected chi connectivity index (χ0v) is 11.2. The van der Waals surface area contributed by atoms with Gasteiger partial charge in [0.2, 0.25) is 0 Å². The Kier molecular flexibility index (Phi) is 3.84. The van der Waals surface area contributed by atoms with E-state index in [1.807, 2.05) is 31.1 Å². The number of nitrogen functional groups attached to an aromatic ring is 1. The molecule has 2 aromatic rings. The number of nitrogens with zero attached hydrogens (tertiary/aromatic N) is 2. The lowest BCUT2D eigenvalue weighted by Crippen LogP contribution is -2.16. The summed E-state index contributed by atoms with van der Waals surface area (Å²) in [7, 11) is 3.80. The number of carbonyl (C=O) groups excluding carboxylic acids is 1. The van der Waals surface area contributed by atoms with Crippen molar-refractivity contribution in [2.24, 2.45) is 0 Å². The predicted molar refractivity (Wildman–Crippen MR) is 77.3 cm³/mol. The zero-order chi connectivity index (χ0) is 14.7. The number of halogens is 1. The maximum absolute atomic E-state index is 13.1. The van der Waals surface area contributed by atoms with Gasteiger partial charge in [-0.3, -0.25) is 4.79 Å². The van der Waals surface area contributed by atoms with Crippen molar-refractivity contribution >= 4 is 23.1 Å². The minimum absolute atomic E-state index is 0.00679. The van der Waals surface area contributed by atoms with Gasteiger partial charge in [-0.05, 0) is 24.3 Å². The van der Waals surface area contributed by atoms with Crippen LogP contribution in [0.2, 0.25) is 0 Å². The van der Waals surface area contributed by atoms with E-state index in [0.717, 1.165) is 18.0 Å². The summed E-state index contributed by atoms with van der Waals surface area (Å²) in [4.78, 5) is 17.6. The van der Waals surface area contributed by atoms with E-state index in [0.29, 0.717) is 5.69 Å². The van der Waals surface area contributed by atoms with Gasteiger partial charge in [-0.2, -0.15) is 0 Å². The molecule has 20 heavy (non-hydrogen) atoms. The average Bonchev–Trinajstić information content (AvgIpc) is 2.41. The lowest BCUT2D eigenvalue weighted by Gasteiger charge is -2.14. The second-order valence-electron chi connectivity index (χ2n) is 4.49. The monoisotopic (exact) mass is 274 g/mol. The van der Waals surface area contributed by atoms with E-state index in [4.69, 9.17) is 5.73 Å². The lowest BCUT2D eigenvalue weighted by atomic mass is 10.2. The molecule has 6 heteroatoms. The molecule has 0 fully saturated rings. The molecular formula is C14H15FN4O. The molecule has 0 spiro atoms. The Morgan fingerprint density at radius 3 is 2.80 bits per heavy atom. The van der Waals surface area contributed by atoms with Crippen LogP contribution in [0.5, 0.6) is 0 Å². The third kappa shape index (κ3) is 3.03. The van der Waals surface area contributed by atoms with Crippen molar-refractivity contribution < 1.29 is 9.18 Å². The fourth-order valence-corrected chi connectivity index (χ4v) is 1.69. The van der Waals surface area contributed by atoms with Gasteiger partial charge < -0.3 is 16.0 Å². The quantitative estimate of drug-likeness (QED) is 0.899. The van der Waals surface area contributed by atoms with Crippen molar-refractivity contribution in [2.45, 2.75) is 0 Å². The van der Waals surface area contributed by atoms with E-state index >= 15 is 0 Å². The zero-order valence-electron chi connectivity index (χ0n) is 11.2. The van der Waals surface area contributed by atoms with Crippen molar-refractivity contribution in [2.75, 3.05) is 30.0 Å². The number of benzene rings is 1. The van der Waals surface area contributed by atoms with E-state index in [2.05, 4.69) is 10.3 Å². The summed E-state index contributed by atoms with van der Waals surface area (Å²) >= 11 is 0. The van der Waals surface area contributed by atoms with Gasteiger partial charge in [0.1, 0.15) is 11.6 Å².